The normalized spacial score (nSPS) is 14.5. The van der Waals surface area contributed by atoms with E-state index in [-0.39, 0.29) is 18.2 Å². The molecule has 2 amide bonds. The highest BCUT2D eigenvalue weighted by molar-refractivity contribution is 7.14. The highest BCUT2D eigenvalue weighted by atomic mass is 32.1. The Morgan fingerprint density at radius 1 is 1.25 bits per heavy atom. The number of thiazole rings is 1. The Kier molecular flexibility index (Phi) is 4.44. The van der Waals surface area contributed by atoms with Crippen molar-refractivity contribution in [1.82, 2.24) is 4.98 Å². The lowest BCUT2D eigenvalue weighted by atomic mass is 10.1. The molecule has 6 nitrogen and oxygen atoms in total. The van der Waals surface area contributed by atoms with Crippen LogP contribution in [0.3, 0.4) is 0 Å². The lowest BCUT2D eigenvalue weighted by Gasteiger charge is -2.24. The van der Waals surface area contributed by atoms with Gasteiger partial charge >= 0.3 is 0 Å². The molecule has 7 heteroatoms. The van der Waals surface area contributed by atoms with Crippen molar-refractivity contribution in [2.45, 2.75) is 33.6 Å². The number of anilines is 2. The van der Waals surface area contributed by atoms with Gasteiger partial charge in [-0.1, -0.05) is 12.1 Å². The number of amides is 2. The van der Waals surface area contributed by atoms with Crippen molar-refractivity contribution in [1.29, 1.82) is 0 Å². The van der Waals surface area contributed by atoms with Gasteiger partial charge < -0.3 is 0 Å². The van der Waals surface area contributed by atoms with Gasteiger partial charge in [0.15, 0.2) is 5.13 Å². The number of aryl methyl sites for hydroxylation is 3. The first-order valence-corrected chi connectivity index (χ1v) is 8.53. The van der Waals surface area contributed by atoms with Crippen molar-refractivity contribution in [2.24, 2.45) is 5.10 Å². The van der Waals surface area contributed by atoms with Gasteiger partial charge in [-0.05, 0) is 38.0 Å². The zero-order valence-electron chi connectivity index (χ0n) is 13.8. The van der Waals surface area contributed by atoms with Crippen LogP contribution in [0.15, 0.2) is 28.7 Å². The molecule has 0 unspecified atom stereocenters. The number of hydrazone groups is 1. The molecule has 1 aliphatic heterocycles. The standard InChI is InChI=1S/C17H18N4O2S/c1-10-4-5-11(2)14(8-10)21-15(22)7-6-13(20-21)16(23)19-17-18-12(3)9-24-17/h4-5,8-9H,6-7H2,1-3H3,(H,18,19,23). The summed E-state index contributed by atoms with van der Waals surface area (Å²) in [5.41, 5.74) is 3.88. The molecule has 0 aliphatic carbocycles. The first kappa shape index (κ1) is 16.3. The van der Waals surface area contributed by atoms with Crippen LogP contribution >= 0.6 is 11.3 Å². The Hall–Kier alpha value is -2.54. The van der Waals surface area contributed by atoms with Gasteiger partial charge in [0.1, 0.15) is 5.71 Å². The van der Waals surface area contributed by atoms with Gasteiger partial charge in [0, 0.05) is 18.2 Å². The van der Waals surface area contributed by atoms with E-state index in [1.807, 2.05) is 44.4 Å². The largest absolute Gasteiger partial charge is 0.297 e. The molecule has 124 valence electrons. The van der Waals surface area contributed by atoms with Gasteiger partial charge in [-0.3, -0.25) is 14.9 Å². The number of hydrogen-bond acceptors (Lipinski definition) is 5. The average molecular weight is 342 g/mol. The summed E-state index contributed by atoms with van der Waals surface area (Å²) >= 11 is 1.37. The van der Waals surface area contributed by atoms with Crippen LogP contribution in [0.4, 0.5) is 10.8 Å². The van der Waals surface area contributed by atoms with Crippen LogP contribution < -0.4 is 10.3 Å². The molecule has 0 atom stereocenters. The highest BCUT2D eigenvalue weighted by Crippen LogP contribution is 2.25. The van der Waals surface area contributed by atoms with Crippen molar-refractivity contribution in [2.75, 3.05) is 10.3 Å². The lowest BCUT2D eigenvalue weighted by molar-refractivity contribution is -0.118. The average Bonchev–Trinajstić information content (AvgIpc) is 2.95. The van der Waals surface area contributed by atoms with E-state index in [1.54, 1.807) is 0 Å². The number of carbonyl (C=O) groups excluding carboxylic acids is 2. The molecule has 0 saturated carbocycles. The van der Waals surface area contributed by atoms with Crippen molar-refractivity contribution >= 4 is 39.7 Å². The molecule has 1 aromatic heterocycles. The summed E-state index contributed by atoms with van der Waals surface area (Å²) in [4.78, 5) is 28.9. The van der Waals surface area contributed by atoms with E-state index < -0.39 is 0 Å². The molecule has 0 saturated heterocycles. The number of aromatic nitrogens is 1. The molecule has 0 fully saturated rings. The van der Waals surface area contributed by atoms with Crippen molar-refractivity contribution in [3.63, 3.8) is 0 Å². The van der Waals surface area contributed by atoms with Gasteiger partial charge in [0.05, 0.1) is 11.4 Å². The summed E-state index contributed by atoms with van der Waals surface area (Å²) in [7, 11) is 0. The maximum absolute atomic E-state index is 12.4. The fourth-order valence-electron chi connectivity index (χ4n) is 2.43. The number of nitrogens with zero attached hydrogens (tertiary/aromatic N) is 3. The van der Waals surface area contributed by atoms with E-state index in [1.165, 1.54) is 16.3 Å². The zero-order valence-corrected chi connectivity index (χ0v) is 14.6. The summed E-state index contributed by atoms with van der Waals surface area (Å²) in [6, 6.07) is 5.83. The van der Waals surface area contributed by atoms with Crippen LogP contribution in [0.5, 0.6) is 0 Å². The highest BCUT2D eigenvalue weighted by Gasteiger charge is 2.26. The summed E-state index contributed by atoms with van der Waals surface area (Å²) < 4.78 is 0. The minimum Gasteiger partial charge on any atom is -0.297 e. The van der Waals surface area contributed by atoms with Crippen molar-refractivity contribution < 1.29 is 9.59 Å². The second-order valence-electron chi connectivity index (χ2n) is 5.79. The van der Waals surface area contributed by atoms with Crippen LogP contribution in [0.2, 0.25) is 0 Å². The Balaban J connectivity index is 1.87. The number of nitrogens with one attached hydrogen (secondary N) is 1. The molecule has 2 heterocycles. The number of hydrogen-bond donors (Lipinski definition) is 1. The molecule has 0 spiro atoms. The third-order valence-electron chi connectivity index (χ3n) is 3.73. The summed E-state index contributed by atoms with van der Waals surface area (Å²) in [5, 5.41) is 10.8. The second kappa shape index (κ2) is 6.52. The number of benzene rings is 1. The molecular formula is C17H18N4O2S. The van der Waals surface area contributed by atoms with E-state index >= 15 is 0 Å². The Morgan fingerprint density at radius 2 is 2.04 bits per heavy atom. The molecule has 2 aromatic rings. The van der Waals surface area contributed by atoms with E-state index in [4.69, 9.17) is 0 Å². The fraction of sp³-hybridized carbons (Fsp3) is 0.294. The van der Waals surface area contributed by atoms with Gasteiger partial charge in [0.2, 0.25) is 5.91 Å². The van der Waals surface area contributed by atoms with Crippen LogP contribution in [-0.2, 0) is 9.59 Å². The molecule has 3 rings (SSSR count). The Labute approximate surface area is 144 Å². The van der Waals surface area contributed by atoms with Gasteiger partial charge in [-0.15, -0.1) is 11.3 Å². The predicted octanol–water partition coefficient (Wildman–Crippen LogP) is 3.19. The van der Waals surface area contributed by atoms with Crippen LogP contribution in [-0.4, -0.2) is 22.5 Å². The first-order valence-electron chi connectivity index (χ1n) is 7.65. The molecule has 24 heavy (non-hydrogen) atoms. The second-order valence-corrected chi connectivity index (χ2v) is 6.65. The fourth-order valence-corrected chi connectivity index (χ4v) is 3.12. The third kappa shape index (κ3) is 3.35. The summed E-state index contributed by atoms with van der Waals surface area (Å²) in [6.07, 6.45) is 0.590. The molecule has 1 N–H and O–H groups in total. The molecule has 0 bridgehead atoms. The Bertz CT molecular complexity index is 841. The smallest absolute Gasteiger partial charge is 0.273 e. The van der Waals surface area contributed by atoms with E-state index in [2.05, 4.69) is 15.4 Å². The number of rotatable bonds is 3. The van der Waals surface area contributed by atoms with Crippen LogP contribution in [0.25, 0.3) is 0 Å². The third-order valence-corrected chi connectivity index (χ3v) is 4.60. The minimum atomic E-state index is -0.313. The predicted molar refractivity (Wildman–Crippen MR) is 95.6 cm³/mol. The van der Waals surface area contributed by atoms with Crippen molar-refractivity contribution in [3.8, 4) is 0 Å². The lowest BCUT2D eigenvalue weighted by Crippen LogP contribution is -2.36. The number of carbonyl (C=O) groups is 2. The monoisotopic (exact) mass is 342 g/mol. The minimum absolute atomic E-state index is 0.106. The molecule has 1 aliphatic rings. The summed E-state index contributed by atoms with van der Waals surface area (Å²) in [6.45, 7) is 5.74. The van der Waals surface area contributed by atoms with Gasteiger partial charge in [-0.25, -0.2) is 9.99 Å². The quantitative estimate of drug-likeness (QED) is 0.931. The SMILES string of the molecule is Cc1ccc(C)c(N2N=C(C(=O)Nc3nc(C)cs3)CCC2=O)c1. The molecule has 1 aromatic carbocycles. The van der Waals surface area contributed by atoms with E-state index in [9.17, 15) is 9.59 Å². The Morgan fingerprint density at radius 3 is 2.75 bits per heavy atom. The van der Waals surface area contributed by atoms with Crippen LogP contribution in [0, 0.1) is 20.8 Å². The van der Waals surface area contributed by atoms with Gasteiger partial charge in [0.25, 0.3) is 5.91 Å². The maximum atomic E-state index is 12.4. The molecule has 0 radical (unpaired) electrons. The van der Waals surface area contributed by atoms with Crippen LogP contribution in [0.1, 0.15) is 29.7 Å². The first-order chi connectivity index (χ1) is 11.4. The van der Waals surface area contributed by atoms with E-state index in [0.29, 0.717) is 17.3 Å². The van der Waals surface area contributed by atoms with Gasteiger partial charge in [-0.2, -0.15) is 5.10 Å². The maximum Gasteiger partial charge on any atom is 0.273 e. The topological polar surface area (TPSA) is 74.7 Å². The molecular weight excluding hydrogens is 324 g/mol. The zero-order chi connectivity index (χ0) is 17.3. The van der Waals surface area contributed by atoms with E-state index in [0.717, 1.165) is 22.5 Å². The summed E-state index contributed by atoms with van der Waals surface area (Å²) in [5.74, 6) is -0.419. The van der Waals surface area contributed by atoms with Crippen molar-refractivity contribution in [3.05, 3.63) is 40.4 Å².